The van der Waals surface area contributed by atoms with Gasteiger partial charge in [-0.15, -0.1) is 8.58 Å². The molecule has 0 radical (unpaired) electrons. The Bertz CT molecular complexity index is 411. The van der Waals surface area contributed by atoms with Gasteiger partial charge in [-0.25, -0.2) is 0 Å². The molecule has 0 amide bonds. The normalized spacial score (nSPS) is 22.4. The molecule has 2 rings (SSSR count). The van der Waals surface area contributed by atoms with Gasteiger partial charge in [0.1, 0.15) is 0 Å². The predicted molar refractivity (Wildman–Crippen MR) is 80.1 cm³/mol. The summed E-state index contributed by atoms with van der Waals surface area (Å²) in [6, 6.07) is 6.58. The molecule has 2 atom stereocenters. The number of hydrogen-bond acceptors (Lipinski definition) is 3. The van der Waals surface area contributed by atoms with Gasteiger partial charge in [-0.1, -0.05) is 19.1 Å². The molecule has 3 nitrogen and oxygen atoms in total. The molecule has 1 aliphatic rings. The van der Waals surface area contributed by atoms with Crippen LogP contribution in [0.4, 0.5) is 5.69 Å². The molecule has 2 unspecified atom stereocenters. The fraction of sp³-hybridized carbons (Fsp3) is 0.571. The van der Waals surface area contributed by atoms with E-state index in [1.807, 2.05) is 0 Å². The van der Waals surface area contributed by atoms with Gasteiger partial charge in [-0.3, -0.25) is 0 Å². The molecule has 1 aromatic carbocycles. The van der Waals surface area contributed by atoms with Gasteiger partial charge in [-0.2, -0.15) is 0 Å². The Morgan fingerprint density at radius 2 is 2.33 bits per heavy atom. The summed E-state index contributed by atoms with van der Waals surface area (Å²) in [5, 5.41) is 7.28. The number of nitrogens with one attached hydrogen (secondary N) is 2. The number of fused-ring (bicyclic) bond motifs is 1. The fourth-order valence-electron chi connectivity index (χ4n) is 2.52. The fourth-order valence-corrected chi connectivity index (χ4v) is 3.33. The zero-order valence-electron chi connectivity index (χ0n) is 11.5. The molecule has 0 spiro atoms. The second kappa shape index (κ2) is 6.01. The van der Waals surface area contributed by atoms with Crippen molar-refractivity contribution in [2.45, 2.75) is 18.6 Å². The molecule has 2 N–H and O–H groups in total. The molecule has 1 aromatic rings. The lowest BCUT2D eigenvalue weighted by atomic mass is 9.96. The SMILES string of the molecule is COCCNCc1cccc2c1C(C)(PC)CN2. The van der Waals surface area contributed by atoms with Crippen LogP contribution in [0.2, 0.25) is 0 Å². The van der Waals surface area contributed by atoms with E-state index in [4.69, 9.17) is 4.74 Å². The van der Waals surface area contributed by atoms with E-state index in [1.165, 1.54) is 16.8 Å². The maximum absolute atomic E-state index is 5.06. The summed E-state index contributed by atoms with van der Waals surface area (Å²) >= 11 is 0. The molecular formula is C14H23N2OP. The molecule has 100 valence electrons. The molecule has 0 bridgehead atoms. The van der Waals surface area contributed by atoms with Crippen molar-refractivity contribution in [1.82, 2.24) is 5.32 Å². The Hall–Kier alpha value is -0.630. The highest BCUT2D eigenvalue weighted by molar-refractivity contribution is 7.38. The lowest BCUT2D eigenvalue weighted by Crippen LogP contribution is -2.23. The second-order valence-corrected chi connectivity index (χ2v) is 6.55. The number of anilines is 1. The number of rotatable bonds is 6. The summed E-state index contributed by atoms with van der Waals surface area (Å²) in [4.78, 5) is 0. The van der Waals surface area contributed by atoms with Crippen molar-refractivity contribution < 1.29 is 4.74 Å². The largest absolute Gasteiger partial charge is 0.384 e. The predicted octanol–water partition coefficient (Wildman–Crippen LogP) is 2.37. The van der Waals surface area contributed by atoms with Gasteiger partial charge in [0.15, 0.2) is 0 Å². The smallest absolute Gasteiger partial charge is 0.0587 e. The van der Waals surface area contributed by atoms with Crippen molar-refractivity contribution in [3.05, 3.63) is 29.3 Å². The van der Waals surface area contributed by atoms with Gasteiger partial charge in [-0.05, 0) is 23.9 Å². The molecule has 0 saturated carbocycles. The Morgan fingerprint density at radius 3 is 3.06 bits per heavy atom. The average Bonchev–Trinajstić information content (AvgIpc) is 2.74. The van der Waals surface area contributed by atoms with Gasteiger partial charge in [0.25, 0.3) is 0 Å². The Kier molecular flexibility index (Phi) is 4.60. The zero-order valence-corrected chi connectivity index (χ0v) is 12.5. The highest BCUT2D eigenvalue weighted by atomic mass is 31.1. The molecule has 1 aliphatic heterocycles. The minimum Gasteiger partial charge on any atom is -0.384 e. The number of ether oxygens (including phenoxy) is 1. The summed E-state index contributed by atoms with van der Waals surface area (Å²) in [6.45, 7) is 8.31. The zero-order chi connectivity index (χ0) is 13.0. The summed E-state index contributed by atoms with van der Waals surface area (Å²) in [7, 11) is 2.66. The first-order chi connectivity index (χ1) is 8.71. The second-order valence-electron chi connectivity index (χ2n) is 4.94. The minimum atomic E-state index is 0.300. The summed E-state index contributed by atoms with van der Waals surface area (Å²) in [5.74, 6) is 0. The first-order valence-electron chi connectivity index (χ1n) is 6.46. The topological polar surface area (TPSA) is 33.3 Å². The van der Waals surface area contributed by atoms with Gasteiger partial charge < -0.3 is 15.4 Å². The van der Waals surface area contributed by atoms with Crippen LogP contribution in [-0.2, 0) is 16.4 Å². The molecule has 1 heterocycles. The molecular weight excluding hydrogens is 243 g/mol. The monoisotopic (exact) mass is 266 g/mol. The van der Waals surface area contributed by atoms with Crippen LogP contribution in [0.5, 0.6) is 0 Å². The minimum absolute atomic E-state index is 0.300. The van der Waals surface area contributed by atoms with Crippen LogP contribution < -0.4 is 10.6 Å². The van der Waals surface area contributed by atoms with Crippen LogP contribution in [0, 0.1) is 0 Å². The summed E-state index contributed by atoms with van der Waals surface area (Å²) in [6.07, 6.45) is 0. The summed E-state index contributed by atoms with van der Waals surface area (Å²) < 4.78 is 5.06. The maximum atomic E-state index is 5.06. The quantitative estimate of drug-likeness (QED) is 0.612. The molecule has 0 saturated heterocycles. The van der Waals surface area contributed by atoms with Gasteiger partial charge in [0, 0.05) is 37.6 Å². The van der Waals surface area contributed by atoms with E-state index in [9.17, 15) is 0 Å². The highest BCUT2D eigenvalue weighted by Gasteiger charge is 2.34. The third-order valence-corrected chi connectivity index (χ3v) is 5.22. The van der Waals surface area contributed by atoms with E-state index in [0.29, 0.717) is 5.16 Å². The van der Waals surface area contributed by atoms with E-state index in [-0.39, 0.29) is 0 Å². The standard InChI is InChI=1S/C14H23N2OP/c1-14(18-3)10-16-12-6-4-5-11(13(12)14)9-15-7-8-17-2/h4-6,15-16,18H,7-10H2,1-3H3. The first-order valence-corrected chi connectivity index (χ1v) is 7.96. The van der Waals surface area contributed by atoms with Crippen molar-refractivity contribution in [3.63, 3.8) is 0 Å². The van der Waals surface area contributed by atoms with Crippen molar-refractivity contribution >= 4 is 14.3 Å². The molecule has 0 fully saturated rings. The van der Waals surface area contributed by atoms with Crippen LogP contribution in [-0.4, -0.2) is 33.5 Å². The highest BCUT2D eigenvalue weighted by Crippen LogP contribution is 2.48. The van der Waals surface area contributed by atoms with Crippen molar-refractivity contribution in [2.24, 2.45) is 0 Å². The van der Waals surface area contributed by atoms with Crippen molar-refractivity contribution in [2.75, 3.05) is 38.8 Å². The van der Waals surface area contributed by atoms with E-state index >= 15 is 0 Å². The number of methoxy groups -OCH3 is 1. The Morgan fingerprint density at radius 1 is 1.50 bits per heavy atom. The average molecular weight is 266 g/mol. The lowest BCUT2D eigenvalue weighted by molar-refractivity contribution is 0.199. The van der Waals surface area contributed by atoms with Gasteiger partial charge >= 0.3 is 0 Å². The molecule has 0 aromatic heterocycles. The van der Waals surface area contributed by atoms with Crippen LogP contribution in [0.3, 0.4) is 0 Å². The molecule has 0 aliphatic carbocycles. The van der Waals surface area contributed by atoms with Crippen molar-refractivity contribution in [1.29, 1.82) is 0 Å². The third kappa shape index (κ3) is 2.69. The van der Waals surface area contributed by atoms with Crippen LogP contribution in [0.25, 0.3) is 0 Å². The number of benzene rings is 1. The van der Waals surface area contributed by atoms with Crippen molar-refractivity contribution in [3.8, 4) is 0 Å². The summed E-state index contributed by atoms with van der Waals surface area (Å²) in [5.41, 5.74) is 4.25. The van der Waals surface area contributed by atoms with E-state index in [1.54, 1.807) is 7.11 Å². The molecule has 4 heteroatoms. The first kappa shape index (κ1) is 13.8. The van der Waals surface area contributed by atoms with E-state index in [2.05, 4.69) is 42.4 Å². The van der Waals surface area contributed by atoms with Gasteiger partial charge in [0.2, 0.25) is 0 Å². The van der Waals surface area contributed by atoms with E-state index in [0.717, 1.165) is 34.8 Å². The Labute approximate surface area is 111 Å². The molecule has 18 heavy (non-hydrogen) atoms. The van der Waals surface area contributed by atoms with E-state index < -0.39 is 0 Å². The maximum Gasteiger partial charge on any atom is 0.0587 e. The van der Waals surface area contributed by atoms with Crippen LogP contribution >= 0.6 is 8.58 Å². The third-order valence-electron chi connectivity index (χ3n) is 3.69. The number of hydrogen-bond donors (Lipinski definition) is 2. The van der Waals surface area contributed by atoms with Crippen LogP contribution in [0.1, 0.15) is 18.1 Å². The lowest BCUT2D eigenvalue weighted by Gasteiger charge is -2.24. The van der Waals surface area contributed by atoms with Gasteiger partial charge in [0.05, 0.1) is 6.61 Å². The van der Waals surface area contributed by atoms with Crippen LogP contribution in [0.15, 0.2) is 18.2 Å². The Balaban J connectivity index is 2.14.